The van der Waals surface area contributed by atoms with Crippen LogP contribution in [0.15, 0.2) is 12.1 Å². The van der Waals surface area contributed by atoms with Gasteiger partial charge in [0, 0.05) is 17.3 Å². The number of ether oxygens (including phenoxy) is 1. The Labute approximate surface area is 80.3 Å². The molecule has 0 amide bonds. The van der Waals surface area contributed by atoms with Gasteiger partial charge >= 0.3 is 0 Å². The number of H-pyrrole nitrogens is 1. The number of aromatic nitrogens is 5. The maximum Gasteiger partial charge on any atom is 0.213 e. The molecule has 0 spiro atoms. The third-order valence-electron chi connectivity index (χ3n) is 1.74. The van der Waals surface area contributed by atoms with Crippen LogP contribution in [0, 0.1) is 6.92 Å². The van der Waals surface area contributed by atoms with Crippen LogP contribution in [0.4, 0.5) is 0 Å². The molecule has 0 radical (unpaired) electrons. The second-order valence-corrected chi connectivity index (χ2v) is 2.77. The van der Waals surface area contributed by atoms with Gasteiger partial charge in [-0.05, 0) is 18.2 Å². The van der Waals surface area contributed by atoms with Crippen LogP contribution in [0.25, 0.3) is 11.4 Å². The van der Waals surface area contributed by atoms with E-state index in [4.69, 9.17) is 4.74 Å². The van der Waals surface area contributed by atoms with Crippen molar-refractivity contribution in [2.75, 3.05) is 7.11 Å². The second kappa shape index (κ2) is 3.41. The third kappa shape index (κ3) is 1.54. The maximum absolute atomic E-state index is 5.04. The average Bonchev–Trinajstić information content (AvgIpc) is 2.69. The molecule has 0 saturated carbocycles. The van der Waals surface area contributed by atoms with Gasteiger partial charge < -0.3 is 4.74 Å². The number of hydrogen-bond donors (Lipinski definition) is 1. The lowest BCUT2D eigenvalue weighted by Gasteiger charge is -2.01. The molecule has 6 nitrogen and oxygen atoms in total. The number of nitrogens with one attached hydrogen (secondary N) is 1. The number of hydrogen-bond acceptors (Lipinski definition) is 5. The fourth-order valence-electron chi connectivity index (χ4n) is 1.16. The first-order valence-corrected chi connectivity index (χ1v) is 4.06. The first kappa shape index (κ1) is 8.61. The minimum absolute atomic E-state index is 0.536. The summed E-state index contributed by atoms with van der Waals surface area (Å²) in [5, 5.41) is 13.6. The van der Waals surface area contributed by atoms with E-state index >= 15 is 0 Å². The van der Waals surface area contributed by atoms with Gasteiger partial charge in [0.1, 0.15) is 0 Å². The Kier molecular flexibility index (Phi) is 2.10. The molecule has 0 aliphatic heterocycles. The Balaban J connectivity index is 2.48. The van der Waals surface area contributed by atoms with Crippen molar-refractivity contribution in [1.82, 2.24) is 25.6 Å². The minimum atomic E-state index is 0.536. The minimum Gasteiger partial charge on any atom is -0.481 e. The predicted octanol–water partition coefficient (Wildman–Crippen LogP) is 0.579. The Morgan fingerprint density at radius 3 is 2.86 bits per heavy atom. The summed E-state index contributed by atoms with van der Waals surface area (Å²) in [5.74, 6) is 1.08. The van der Waals surface area contributed by atoms with Crippen LogP contribution >= 0.6 is 0 Å². The summed E-state index contributed by atoms with van der Waals surface area (Å²) in [6.07, 6.45) is 0. The van der Waals surface area contributed by atoms with Gasteiger partial charge in [0.2, 0.25) is 11.7 Å². The monoisotopic (exact) mass is 191 g/mol. The number of tetrazole rings is 1. The molecule has 0 aromatic carbocycles. The first-order valence-electron chi connectivity index (χ1n) is 4.06. The SMILES string of the molecule is COc1cc(-c2nn[nH]n2)cc(C)n1. The van der Waals surface area contributed by atoms with Crippen LogP contribution in [0.2, 0.25) is 0 Å². The van der Waals surface area contributed by atoms with Gasteiger partial charge in [-0.25, -0.2) is 4.98 Å². The van der Waals surface area contributed by atoms with Crippen LogP contribution in [-0.4, -0.2) is 32.7 Å². The molecule has 0 unspecified atom stereocenters. The molecule has 14 heavy (non-hydrogen) atoms. The van der Waals surface area contributed by atoms with E-state index in [0.717, 1.165) is 11.3 Å². The molecule has 0 saturated heterocycles. The third-order valence-corrected chi connectivity index (χ3v) is 1.74. The highest BCUT2D eigenvalue weighted by atomic mass is 16.5. The molecule has 2 aromatic heterocycles. The molecule has 2 rings (SSSR count). The van der Waals surface area contributed by atoms with Crippen LogP contribution in [0.1, 0.15) is 5.69 Å². The van der Waals surface area contributed by atoms with E-state index in [0.29, 0.717) is 11.7 Å². The van der Waals surface area contributed by atoms with Gasteiger partial charge in [0.15, 0.2) is 0 Å². The van der Waals surface area contributed by atoms with Crippen molar-refractivity contribution >= 4 is 0 Å². The molecule has 2 aromatic rings. The molecule has 0 aliphatic carbocycles. The van der Waals surface area contributed by atoms with Gasteiger partial charge in [0.25, 0.3) is 0 Å². The highest BCUT2D eigenvalue weighted by Gasteiger charge is 2.06. The standard InChI is InChI=1S/C8H9N5O/c1-5-3-6(4-7(9-5)14-2)8-10-12-13-11-8/h3-4H,1-2H3,(H,10,11,12,13). The maximum atomic E-state index is 5.04. The van der Waals surface area contributed by atoms with Crippen LogP contribution in [0.3, 0.4) is 0 Å². The lowest BCUT2D eigenvalue weighted by atomic mass is 10.2. The number of nitrogens with zero attached hydrogens (tertiary/aromatic N) is 4. The van der Waals surface area contributed by atoms with Crippen LogP contribution < -0.4 is 4.74 Å². The van der Waals surface area contributed by atoms with Crippen molar-refractivity contribution in [3.8, 4) is 17.3 Å². The van der Waals surface area contributed by atoms with Gasteiger partial charge in [-0.3, -0.25) is 0 Å². The Morgan fingerprint density at radius 2 is 2.21 bits per heavy atom. The molecule has 0 atom stereocenters. The number of rotatable bonds is 2. The quantitative estimate of drug-likeness (QED) is 0.751. The zero-order valence-corrected chi connectivity index (χ0v) is 7.85. The molecular formula is C8H9N5O. The lowest BCUT2D eigenvalue weighted by molar-refractivity contribution is 0.397. The van der Waals surface area contributed by atoms with E-state index in [2.05, 4.69) is 25.6 Å². The van der Waals surface area contributed by atoms with Crippen molar-refractivity contribution in [2.45, 2.75) is 6.92 Å². The van der Waals surface area contributed by atoms with Crippen molar-refractivity contribution in [1.29, 1.82) is 0 Å². The van der Waals surface area contributed by atoms with E-state index < -0.39 is 0 Å². The van der Waals surface area contributed by atoms with Crippen LogP contribution in [-0.2, 0) is 0 Å². The topological polar surface area (TPSA) is 76.6 Å². The molecule has 0 aliphatic rings. The van der Waals surface area contributed by atoms with E-state index in [-0.39, 0.29) is 0 Å². The number of methoxy groups -OCH3 is 1. The van der Waals surface area contributed by atoms with Gasteiger partial charge in [-0.2, -0.15) is 5.21 Å². The summed E-state index contributed by atoms with van der Waals surface area (Å²) in [7, 11) is 1.57. The molecule has 0 fully saturated rings. The fraction of sp³-hybridized carbons (Fsp3) is 0.250. The summed E-state index contributed by atoms with van der Waals surface area (Å²) in [4.78, 5) is 4.15. The van der Waals surface area contributed by atoms with Crippen molar-refractivity contribution < 1.29 is 4.74 Å². The van der Waals surface area contributed by atoms with E-state index in [1.54, 1.807) is 13.2 Å². The molecule has 2 heterocycles. The molecule has 1 N–H and O–H groups in total. The number of pyridine rings is 1. The Morgan fingerprint density at radius 1 is 1.36 bits per heavy atom. The van der Waals surface area contributed by atoms with Crippen molar-refractivity contribution in [2.24, 2.45) is 0 Å². The lowest BCUT2D eigenvalue weighted by Crippen LogP contribution is -1.92. The predicted molar refractivity (Wildman–Crippen MR) is 48.7 cm³/mol. The highest BCUT2D eigenvalue weighted by molar-refractivity contribution is 5.55. The number of aryl methyl sites for hydroxylation is 1. The Hall–Kier alpha value is -1.98. The molecular weight excluding hydrogens is 182 g/mol. The zero-order valence-electron chi connectivity index (χ0n) is 7.85. The molecule has 72 valence electrons. The summed E-state index contributed by atoms with van der Waals surface area (Å²) in [6, 6.07) is 3.63. The summed E-state index contributed by atoms with van der Waals surface area (Å²) in [6.45, 7) is 1.88. The summed E-state index contributed by atoms with van der Waals surface area (Å²) in [5.41, 5.74) is 1.69. The van der Waals surface area contributed by atoms with E-state index in [1.165, 1.54) is 0 Å². The summed E-state index contributed by atoms with van der Waals surface area (Å²) >= 11 is 0. The van der Waals surface area contributed by atoms with Crippen molar-refractivity contribution in [3.63, 3.8) is 0 Å². The summed E-state index contributed by atoms with van der Waals surface area (Å²) < 4.78 is 5.04. The smallest absolute Gasteiger partial charge is 0.213 e. The van der Waals surface area contributed by atoms with Gasteiger partial charge in [-0.1, -0.05) is 0 Å². The average molecular weight is 191 g/mol. The van der Waals surface area contributed by atoms with Gasteiger partial charge in [0.05, 0.1) is 7.11 Å². The largest absolute Gasteiger partial charge is 0.481 e. The normalized spacial score (nSPS) is 10.1. The number of aromatic amines is 1. The fourth-order valence-corrected chi connectivity index (χ4v) is 1.16. The van der Waals surface area contributed by atoms with Gasteiger partial charge in [-0.15, -0.1) is 10.2 Å². The van der Waals surface area contributed by atoms with Crippen LogP contribution in [0.5, 0.6) is 5.88 Å². The zero-order chi connectivity index (χ0) is 9.97. The molecule has 6 heteroatoms. The molecule has 0 bridgehead atoms. The van der Waals surface area contributed by atoms with E-state index in [9.17, 15) is 0 Å². The first-order chi connectivity index (χ1) is 6.79. The highest BCUT2D eigenvalue weighted by Crippen LogP contribution is 2.19. The Bertz CT molecular complexity index is 425. The van der Waals surface area contributed by atoms with Crippen molar-refractivity contribution in [3.05, 3.63) is 17.8 Å². The van der Waals surface area contributed by atoms with E-state index in [1.807, 2.05) is 13.0 Å². The second-order valence-electron chi connectivity index (χ2n) is 2.77.